The first-order chi connectivity index (χ1) is 8.65. The first-order valence-corrected chi connectivity index (χ1v) is 6.89. The van der Waals surface area contributed by atoms with Crippen molar-refractivity contribution in [2.24, 2.45) is 0 Å². The first kappa shape index (κ1) is 14.7. The molecule has 0 bridgehead atoms. The van der Waals surface area contributed by atoms with E-state index in [1.165, 1.54) is 50.7 Å². The predicted octanol–water partition coefficient (Wildman–Crippen LogP) is 4.10. The van der Waals surface area contributed by atoms with Gasteiger partial charge < -0.3 is 15.3 Å². The zero-order chi connectivity index (χ0) is 13.4. The van der Waals surface area contributed by atoms with Gasteiger partial charge in [0, 0.05) is 0 Å². The van der Waals surface area contributed by atoms with Crippen molar-refractivity contribution in [2.75, 3.05) is 0 Å². The fourth-order valence-corrected chi connectivity index (χ4v) is 2.09. The Labute approximate surface area is 109 Å². The number of benzene rings is 1. The van der Waals surface area contributed by atoms with Crippen molar-refractivity contribution < 1.29 is 15.3 Å². The molecule has 102 valence electrons. The van der Waals surface area contributed by atoms with E-state index in [1.807, 2.05) is 0 Å². The third kappa shape index (κ3) is 4.86. The Morgan fingerprint density at radius 3 is 1.83 bits per heavy atom. The molecule has 0 aromatic heterocycles. The summed E-state index contributed by atoms with van der Waals surface area (Å²) >= 11 is 0. The van der Waals surface area contributed by atoms with E-state index >= 15 is 0 Å². The van der Waals surface area contributed by atoms with Gasteiger partial charge in [0.25, 0.3) is 0 Å². The highest BCUT2D eigenvalue weighted by molar-refractivity contribution is 5.51. The molecule has 0 aliphatic heterocycles. The smallest absolute Gasteiger partial charge is 0.200 e. The maximum absolute atomic E-state index is 9.37. The minimum Gasteiger partial charge on any atom is -0.504 e. The van der Waals surface area contributed by atoms with Crippen molar-refractivity contribution in [3.63, 3.8) is 0 Å². The summed E-state index contributed by atoms with van der Waals surface area (Å²) in [5.74, 6) is -0.917. The largest absolute Gasteiger partial charge is 0.504 e. The maximum Gasteiger partial charge on any atom is 0.200 e. The van der Waals surface area contributed by atoms with Gasteiger partial charge in [0.1, 0.15) is 0 Å². The highest BCUT2D eigenvalue weighted by Gasteiger charge is 2.07. The van der Waals surface area contributed by atoms with Crippen LogP contribution in [0, 0.1) is 0 Å². The molecule has 0 saturated heterocycles. The molecule has 3 nitrogen and oxygen atoms in total. The van der Waals surface area contributed by atoms with E-state index in [9.17, 15) is 15.3 Å². The van der Waals surface area contributed by atoms with Gasteiger partial charge in [0.15, 0.2) is 17.2 Å². The second-order valence-corrected chi connectivity index (χ2v) is 4.85. The lowest BCUT2D eigenvalue weighted by atomic mass is 10.0. The van der Waals surface area contributed by atoms with E-state index in [-0.39, 0.29) is 11.5 Å². The second kappa shape index (κ2) is 7.85. The standard InChI is InChI=1S/C15H24O3/c1-2-3-4-5-6-7-8-9-12-10-13(16)15(18)14(17)11-12/h10-11,16-18H,2-9H2,1H3. The Bertz CT molecular complexity index is 338. The summed E-state index contributed by atoms with van der Waals surface area (Å²) in [6.45, 7) is 2.21. The van der Waals surface area contributed by atoms with E-state index in [1.54, 1.807) is 0 Å². The maximum atomic E-state index is 9.37. The number of hydrogen-bond acceptors (Lipinski definition) is 3. The molecule has 3 heteroatoms. The average molecular weight is 252 g/mol. The summed E-state index contributed by atoms with van der Waals surface area (Å²) in [4.78, 5) is 0. The molecule has 0 radical (unpaired) electrons. The molecule has 0 atom stereocenters. The van der Waals surface area contributed by atoms with Crippen LogP contribution in [0.4, 0.5) is 0 Å². The lowest BCUT2D eigenvalue weighted by Crippen LogP contribution is -1.87. The molecule has 1 aromatic carbocycles. The minimum absolute atomic E-state index is 0.243. The van der Waals surface area contributed by atoms with Crippen LogP contribution >= 0.6 is 0 Å². The van der Waals surface area contributed by atoms with Crippen LogP contribution in [0.3, 0.4) is 0 Å². The van der Waals surface area contributed by atoms with E-state index in [2.05, 4.69) is 6.92 Å². The molecular weight excluding hydrogens is 228 g/mol. The summed E-state index contributed by atoms with van der Waals surface area (Å²) in [7, 11) is 0. The molecule has 0 spiro atoms. The molecular formula is C15H24O3. The second-order valence-electron chi connectivity index (χ2n) is 4.85. The minimum atomic E-state index is -0.432. The Morgan fingerprint density at radius 2 is 1.28 bits per heavy atom. The number of rotatable bonds is 8. The van der Waals surface area contributed by atoms with Crippen molar-refractivity contribution >= 4 is 0 Å². The van der Waals surface area contributed by atoms with Crippen LogP contribution in [0.25, 0.3) is 0 Å². The molecule has 0 aliphatic rings. The van der Waals surface area contributed by atoms with Crippen molar-refractivity contribution in [1.82, 2.24) is 0 Å². The Balaban J connectivity index is 2.23. The predicted molar refractivity (Wildman–Crippen MR) is 73.1 cm³/mol. The zero-order valence-electron chi connectivity index (χ0n) is 11.2. The van der Waals surface area contributed by atoms with Gasteiger partial charge in [-0.1, -0.05) is 45.4 Å². The SMILES string of the molecule is CCCCCCCCCc1cc(O)c(O)c(O)c1. The van der Waals surface area contributed by atoms with Gasteiger partial charge in [-0.15, -0.1) is 0 Å². The van der Waals surface area contributed by atoms with Crippen LogP contribution < -0.4 is 0 Å². The summed E-state index contributed by atoms with van der Waals surface area (Å²) < 4.78 is 0. The third-order valence-corrected chi connectivity index (χ3v) is 3.20. The first-order valence-electron chi connectivity index (χ1n) is 6.89. The van der Waals surface area contributed by atoms with Crippen LogP contribution in [0.1, 0.15) is 57.4 Å². The number of phenols is 3. The van der Waals surface area contributed by atoms with Crippen molar-refractivity contribution in [1.29, 1.82) is 0 Å². The summed E-state index contributed by atoms with van der Waals surface area (Å²) in [6.07, 6.45) is 9.50. The molecule has 1 rings (SSSR count). The lowest BCUT2D eigenvalue weighted by molar-refractivity contribution is 0.367. The van der Waals surface area contributed by atoms with Gasteiger partial charge in [-0.05, 0) is 30.5 Å². The van der Waals surface area contributed by atoms with Crippen molar-refractivity contribution in [3.8, 4) is 17.2 Å². The van der Waals surface area contributed by atoms with Crippen LogP contribution in [0.2, 0.25) is 0 Å². The van der Waals surface area contributed by atoms with Crippen LogP contribution in [-0.4, -0.2) is 15.3 Å². The molecule has 3 N–H and O–H groups in total. The van der Waals surface area contributed by atoms with Gasteiger partial charge in [0.2, 0.25) is 0 Å². The van der Waals surface area contributed by atoms with Crippen LogP contribution in [-0.2, 0) is 6.42 Å². The van der Waals surface area contributed by atoms with Gasteiger partial charge >= 0.3 is 0 Å². The van der Waals surface area contributed by atoms with Gasteiger partial charge in [0.05, 0.1) is 0 Å². The summed E-state index contributed by atoms with van der Waals surface area (Å²) in [5, 5.41) is 28.0. The molecule has 18 heavy (non-hydrogen) atoms. The van der Waals surface area contributed by atoms with Crippen molar-refractivity contribution in [2.45, 2.75) is 58.3 Å². The van der Waals surface area contributed by atoms with E-state index in [4.69, 9.17) is 0 Å². The molecule has 0 saturated carbocycles. The quantitative estimate of drug-likeness (QED) is 0.482. The zero-order valence-corrected chi connectivity index (χ0v) is 11.2. The topological polar surface area (TPSA) is 60.7 Å². The van der Waals surface area contributed by atoms with E-state index in [0.29, 0.717) is 0 Å². The number of aryl methyl sites for hydroxylation is 1. The average Bonchev–Trinajstić information content (AvgIpc) is 2.34. The van der Waals surface area contributed by atoms with Gasteiger partial charge in [-0.25, -0.2) is 0 Å². The summed E-state index contributed by atoms with van der Waals surface area (Å²) in [5.41, 5.74) is 0.872. The third-order valence-electron chi connectivity index (χ3n) is 3.20. The van der Waals surface area contributed by atoms with Gasteiger partial charge in [-0.2, -0.15) is 0 Å². The molecule has 0 heterocycles. The number of phenolic OH excluding ortho intramolecular Hbond substituents is 3. The van der Waals surface area contributed by atoms with Crippen LogP contribution in [0.5, 0.6) is 17.2 Å². The Morgan fingerprint density at radius 1 is 0.778 bits per heavy atom. The highest BCUT2D eigenvalue weighted by atomic mass is 16.3. The number of unbranched alkanes of at least 4 members (excludes halogenated alkanes) is 6. The fraction of sp³-hybridized carbons (Fsp3) is 0.600. The lowest BCUT2D eigenvalue weighted by Gasteiger charge is -2.06. The summed E-state index contributed by atoms with van der Waals surface area (Å²) in [6, 6.07) is 3.04. The van der Waals surface area contributed by atoms with E-state index in [0.717, 1.165) is 18.4 Å². The number of hydrogen-bond donors (Lipinski definition) is 3. The fourth-order valence-electron chi connectivity index (χ4n) is 2.09. The molecule has 1 aromatic rings. The molecule has 0 unspecified atom stereocenters. The van der Waals surface area contributed by atoms with Gasteiger partial charge in [-0.3, -0.25) is 0 Å². The monoisotopic (exact) mass is 252 g/mol. The Kier molecular flexibility index (Phi) is 6.40. The van der Waals surface area contributed by atoms with Crippen LogP contribution in [0.15, 0.2) is 12.1 Å². The molecule has 0 amide bonds. The molecule has 0 fully saturated rings. The Hall–Kier alpha value is -1.38. The number of aromatic hydroxyl groups is 3. The van der Waals surface area contributed by atoms with E-state index < -0.39 is 5.75 Å². The molecule has 0 aliphatic carbocycles. The normalized spacial score (nSPS) is 10.7. The highest BCUT2D eigenvalue weighted by Crippen LogP contribution is 2.35. The van der Waals surface area contributed by atoms with Crippen molar-refractivity contribution in [3.05, 3.63) is 17.7 Å².